The third-order valence-corrected chi connectivity index (χ3v) is 5.04. The normalized spacial score (nSPS) is 10.3. The minimum absolute atomic E-state index is 0.306. The molecule has 0 spiro atoms. The van der Waals surface area contributed by atoms with E-state index in [1.54, 1.807) is 42.5 Å². The van der Waals surface area contributed by atoms with E-state index in [1.807, 2.05) is 32.0 Å². The van der Waals surface area contributed by atoms with Gasteiger partial charge in [0, 0.05) is 15.4 Å². The number of nitrogens with one attached hydrogen (secondary N) is 2. The first kappa shape index (κ1) is 20.3. The molecule has 0 aliphatic heterocycles. The zero-order valence-corrected chi connectivity index (χ0v) is 16.8. The summed E-state index contributed by atoms with van der Waals surface area (Å²) in [7, 11) is 0. The third-order valence-electron chi connectivity index (χ3n) is 4.07. The Labute approximate surface area is 172 Å². The highest BCUT2D eigenvalue weighted by atomic mass is 32.1. The molecule has 0 unspecified atom stereocenters. The van der Waals surface area contributed by atoms with E-state index in [-0.39, 0.29) is 5.91 Å². The van der Waals surface area contributed by atoms with Gasteiger partial charge in [0.15, 0.2) is 6.61 Å². The quantitative estimate of drug-likeness (QED) is 0.592. The lowest BCUT2D eigenvalue weighted by Gasteiger charge is -2.11. The van der Waals surface area contributed by atoms with E-state index in [1.165, 1.54) is 11.3 Å². The summed E-state index contributed by atoms with van der Waals surface area (Å²) >= 11 is 1.49. The second-order valence-electron chi connectivity index (χ2n) is 6.32. The van der Waals surface area contributed by atoms with Gasteiger partial charge in [-0.3, -0.25) is 9.59 Å². The van der Waals surface area contributed by atoms with Crippen LogP contribution in [0, 0.1) is 13.8 Å². The predicted molar refractivity (Wildman–Crippen MR) is 114 cm³/mol. The van der Waals surface area contributed by atoms with Gasteiger partial charge >= 0.3 is 5.97 Å². The van der Waals surface area contributed by atoms with Crippen molar-refractivity contribution in [3.8, 4) is 0 Å². The van der Waals surface area contributed by atoms with Gasteiger partial charge < -0.3 is 15.4 Å². The molecule has 2 amide bonds. The Morgan fingerprint density at radius 1 is 0.897 bits per heavy atom. The summed E-state index contributed by atoms with van der Waals surface area (Å²) in [6, 6.07) is 17.4. The fourth-order valence-electron chi connectivity index (χ4n) is 2.74. The van der Waals surface area contributed by atoms with Gasteiger partial charge in [-0.25, -0.2) is 4.79 Å². The number of carbonyl (C=O) groups is 3. The highest BCUT2D eigenvalue weighted by molar-refractivity contribution is 7.12. The smallest absolute Gasteiger partial charge is 0.339 e. The molecular weight excluding hydrogens is 388 g/mol. The molecule has 1 heterocycles. The molecule has 0 fully saturated rings. The molecular formula is C22H20N2O4S. The summed E-state index contributed by atoms with van der Waals surface area (Å²) in [5, 5.41) is 5.41. The summed E-state index contributed by atoms with van der Waals surface area (Å²) in [5.74, 6) is -1.42. The monoisotopic (exact) mass is 408 g/mol. The zero-order valence-electron chi connectivity index (χ0n) is 16.0. The molecule has 148 valence electrons. The Hall–Kier alpha value is -3.45. The van der Waals surface area contributed by atoms with E-state index < -0.39 is 18.5 Å². The maximum atomic E-state index is 12.6. The zero-order chi connectivity index (χ0) is 20.8. The maximum absolute atomic E-state index is 12.6. The third kappa shape index (κ3) is 5.30. The summed E-state index contributed by atoms with van der Waals surface area (Å²) in [6.07, 6.45) is 0. The Balaban J connectivity index is 1.62. The van der Waals surface area contributed by atoms with Crippen molar-refractivity contribution < 1.29 is 19.1 Å². The van der Waals surface area contributed by atoms with Crippen LogP contribution < -0.4 is 10.6 Å². The fourth-order valence-corrected chi connectivity index (χ4v) is 3.65. The van der Waals surface area contributed by atoms with E-state index in [2.05, 4.69) is 10.6 Å². The van der Waals surface area contributed by atoms with Crippen LogP contribution >= 0.6 is 11.3 Å². The van der Waals surface area contributed by atoms with Gasteiger partial charge in [0.2, 0.25) is 0 Å². The van der Waals surface area contributed by atoms with Crippen LogP contribution in [0.25, 0.3) is 0 Å². The van der Waals surface area contributed by atoms with Crippen molar-refractivity contribution in [3.63, 3.8) is 0 Å². The van der Waals surface area contributed by atoms with Crippen LogP contribution in [0.5, 0.6) is 0 Å². The van der Waals surface area contributed by atoms with Gasteiger partial charge in [0.25, 0.3) is 11.8 Å². The molecule has 1 aromatic heterocycles. The highest BCUT2D eigenvalue weighted by Gasteiger charge is 2.17. The average Bonchev–Trinajstić information content (AvgIpc) is 3.05. The van der Waals surface area contributed by atoms with E-state index in [0.717, 1.165) is 9.75 Å². The van der Waals surface area contributed by atoms with Gasteiger partial charge in [-0.15, -0.1) is 11.3 Å². The Morgan fingerprint density at radius 2 is 1.59 bits per heavy atom. The summed E-state index contributed by atoms with van der Waals surface area (Å²) < 4.78 is 5.11. The number of para-hydroxylation sites is 2. The second-order valence-corrected chi connectivity index (χ2v) is 7.78. The van der Waals surface area contributed by atoms with Gasteiger partial charge in [-0.1, -0.05) is 30.3 Å². The fraction of sp³-hybridized carbons (Fsp3) is 0.136. The highest BCUT2D eigenvalue weighted by Crippen LogP contribution is 2.21. The molecule has 0 aliphatic rings. The predicted octanol–water partition coefficient (Wildman–Crippen LogP) is 4.41. The summed E-state index contributed by atoms with van der Waals surface area (Å²) in [6.45, 7) is 3.29. The van der Waals surface area contributed by atoms with Crippen molar-refractivity contribution in [3.05, 3.63) is 81.5 Å². The molecule has 0 radical (unpaired) electrons. The van der Waals surface area contributed by atoms with Crippen molar-refractivity contribution >= 4 is 40.5 Å². The number of esters is 1. The number of thiophene rings is 1. The number of carbonyl (C=O) groups excluding carboxylic acids is 3. The van der Waals surface area contributed by atoms with Gasteiger partial charge in [0.1, 0.15) is 0 Å². The van der Waals surface area contributed by atoms with Crippen molar-refractivity contribution in [1.29, 1.82) is 0 Å². The minimum atomic E-state index is -0.544. The summed E-state index contributed by atoms with van der Waals surface area (Å²) in [4.78, 5) is 38.8. The molecule has 7 heteroatoms. The number of amides is 2. The van der Waals surface area contributed by atoms with Crippen LogP contribution in [0.1, 0.15) is 30.5 Å². The van der Waals surface area contributed by atoms with Gasteiger partial charge in [-0.2, -0.15) is 0 Å². The van der Waals surface area contributed by atoms with Crippen molar-refractivity contribution in [2.45, 2.75) is 13.8 Å². The number of hydrogen-bond acceptors (Lipinski definition) is 5. The van der Waals surface area contributed by atoms with E-state index >= 15 is 0 Å². The number of anilines is 2. The Kier molecular flexibility index (Phi) is 6.41. The average molecular weight is 408 g/mol. The van der Waals surface area contributed by atoms with Crippen LogP contribution in [0.4, 0.5) is 11.4 Å². The van der Waals surface area contributed by atoms with Crippen molar-refractivity contribution in [2.75, 3.05) is 17.2 Å². The van der Waals surface area contributed by atoms with Crippen LogP contribution in [0.15, 0.2) is 60.7 Å². The van der Waals surface area contributed by atoms with Crippen molar-refractivity contribution in [1.82, 2.24) is 0 Å². The Bertz CT molecular complexity index is 1040. The lowest BCUT2D eigenvalue weighted by molar-refractivity contribution is -0.119. The number of rotatable bonds is 6. The Morgan fingerprint density at radius 3 is 2.28 bits per heavy atom. The van der Waals surface area contributed by atoms with Gasteiger partial charge in [0.05, 0.1) is 16.8 Å². The molecule has 0 aliphatic carbocycles. The minimum Gasteiger partial charge on any atom is -0.452 e. The van der Waals surface area contributed by atoms with E-state index in [4.69, 9.17) is 4.74 Å². The molecule has 29 heavy (non-hydrogen) atoms. The van der Waals surface area contributed by atoms with Crippen LogP contribution in [0.2, 0.25) is 0 Å². The number of benzene rings is 2. The second kappa shape index (κ2) is 9.16. The number of aryl methyl sites for hydroxylation is 2. The SMILES string of the molecule is Cc1cc(C(=O)OCC(=O)Nc2ccccc2C(=O)Nc2ccccc2)c(C)s1. The maximum Gasteiger partial charge on any atom is 0.339 e. The lowest BCUT2D eigenvalue weighted by Crippen LogP contribution is -2.23. The molecule has 3 rings (SSSR count). The molecule has 2 aromatic carbocycles. The van der Waals surface area contributed by atoms with E-state index in [0.29, 0.717) is 22.5 Å². The molecule has 0 bridgehead atoms. The number of ether oxygens (including phenoxy) is 1. The molecule has 0 saturated carbocycles. The molecule has 0 atom stereocenters. The van der Waals surface area contributed by atoms with Crippen molar-refractivity contribution in [2.24, 2.45) is 0 Å². The molecule has 3 aromatic rings. The molecule has 0 saturated heterocycles. The summed E-state index contributed by atoms with van der Waals surface area (Å²) in [5.41, 5.74) is 1.75. The first-order chi connectivity index (χ1) is 13.9. The lowest BCUT2D eigenvalue weighted by atomic mass is 10.1. The standard InChI is InChI=1S/C22H20N2O4S/c1-14-12-18(15(2)29-14)22(27)28-13-20(25)24-19-11-7-6-10-17(19)21(26)23-16-8-4-3-5-9-16/h3-12H,13H2,1-2H3,(H,23,26)(H,24,25). The van der Waals surface area contributed by atoms with Gasteiger partial charge in [-0.05, 0) is 44.2 Å². The van der Waals surface area contributed by atoms with Crippen LogP contribution in [-0.2, 0) is 9.53 Å². The largest absolute Gasteiger partial charge is 0.452 e. The topological polar surface area (TPSA) is 84.5 Å². The molecule has 2 N–H and O–H groups in total. The number of hydrogen-bond donors (Lipinski definition) is 2. The van der Waals surface area contributed by atoms with E-state index in [9.17, 15) is 14.4 Å². The van der Waals surface area contributed by atoms with Crippen LogP contribution in [0.3, 0.4) is 0 Å². The first-order valence-electron chi connectivity index (χ1n) is 8.93. The first-order valence-corrected chi connectivity index (χ1v) is 9.75. The molecule has 6 nitrogen and oxygen atoms in total. The van der Waals surface area contributed by atoms with Crippen LogP contribution in [-0.4, -0.2) is 24.4 Å².